The maximum absolute atomic E-state index is 14.5. The average Bonchev–Trinajstić information content (AvgIpc) is 3.23. The molecule has 3 aromatic rings. The molecular weight excluding hydrogens is 514 g/mol. The van der Waals surface area contributed by atoms with E-state index in [0.29, 0.717) is 12.1 Å². The number of halogens is 4. The second-order valence-electron chi connectivity index (χ2n) is 10.3. The summed E-state index contributed by atoms with van der Waals surface area (Å²) in [5.41, 5.74) is 2.91. The Morgan fingerprint density at radius 3 is 2.05 bits per heavy atom. The Hall–Kier alpha value is -3.72. The summed E-state index contributed by atoms with van der Waals surface area (Å²) in [5, 5.41) is 0. The van der Waals surface area contributed by atoms with Crippen LogP contribution in [0.25, 0.3) is 11.1 Å². The highest BCUT2D eigenvalue weighted by molar-refractivity contribution is 5.98. The number of Topliss-reactive ketones (excluding diaryl/α,β-unsaturated/α-hetero) is 1. The molecule has 2 bridgehead atoms. The van der Waals surface area contributed by atoms with Crippen LogP contribution in [0.5, 0.6) is 0 Å². The number of amides is 1. The lowest BCUT2D eigenvalue weighted by atomic mass is 9.80. The number of hydrogen-bond acceptors (Lipinski definition) is 4. The van der Waals surface area contributed by atoms with Crippen LogP contribution in [0.2, 0.25) is 0 Å². The highest BCUT2D eigenvalue weighted by Crippen LogP contribution is 2.45. The summed E-state index contributed by atoms with van der Waals surface area (Å²) in [4.78, 5) is 28.1. The molecule has 2 aliphatic heterocycles. The van der Waals surface area contributed by atoms with Crippen molar-refractivity contribution >= 4 is 11.9 Å². The minimum absolute atomic E-state index is 0.0980. The van der Waals surface area contributed by atoms with Gasteiger partial charge in [0.25, 0.3) is 0 Å². The number of carbonyl (C=O) groups is 2. The fraction of sp³-hybridized carbons (Fsp3) is 0.333. The van der Waals surface area contributed by atoms with Crippen LogP contribution in [0.3, 0.4) is 0 Å². The van der Waals surface area contributed by atoms with Crippen molar-refractivity contribution in [1.82, 2.24) is 4.90 Å². The molecule has 2 unspecified atom stereocenters. The molecule has 202 valence electrons. The van der Waals surface area contributed by atoms with Gasteiger partial charge in [0.1, 0.15) is 12.4 Å². The highest BCUT2D eigenvalue weighted by Gasteiger charge is 2.45. The lowest BCUT2D eigenvalue weighted by molar-refractivity contribution is -0.137. The molecule has 0 spiro atoms. The van der Waals surface area contributed by atoms with Gasteiger partial charge in [0, 0.05) is 11.8 Å². The third kappa shape index (κ3) is 4.58. The number of morpholine rings is 1. The normalized spacial score (nSPS) is 22.3. The molecule has 2 heterocycles. The number of benzene rings is 3. The first-order valence-corrected chi connectivity index (χ1v) is 12.8. The molecule has 0 saturated carbocycles. The quantitative estimate of drug-likeness (QED) is 0.282. The van der Waals surface area contributed by atoms with Crippen molar-refractivity contribution in [3.8, 4) is 11.1 Å². The number of piperidine rings is 1. The number of hydrogen-bond donors (Lipinski definition) is 0. The fourth-order valence-corrected chi connectivity index (χ4v) is 6.21. The molecular formula is C30H25F4NO4. The summed E-state index contributed by atoms with van der Waals surface area (Å²) in [5.74, 6) is -2.51. The van der Waals surface area contributed by atoms with Gasteiger partial charge in [0.15, 0.2) is 5.78 Å². The van der Waals surface area contributed by atoms with E-state index in [1.807, 2.05) is 36.4 Å². The molecule has 0 radical (unpaired) electrons. The van der Waals surface area contributed by atoms with Crippen molar-refractivity contribution in [2.24, 2.45) is 5.92 Å². The summed E-state index contributed by atoms with van der Waals surface area (Å²) >= 11 is 0. The number of alkyl halides is 3. The molecule has 1 amide bonds. The summed E-state index contributed by atoms with van der Waals surface area (Å²) in [6, 6.07) is 17.1. The maximum atomic E-state index is 14.5. The third-order valence-electron chi connectivity index (χ3n) is 8.00. The van der Waals surface area contributed by atoms with Crippen LogP contribution in [0.4, 0.5) is 22.4 Å². The van der Waals surface area contributed by atoms with Gasteiger partial charge in [0.2, 0.25) is 0 Å². The SMILES string of the molecule is O=C(c1ccc(C(F)(F)F)cc1F)C1CC2COCC(C1)N2C(=O)OCC1c2ccccc2-c2ccccc21. The molecule has 6 rings (SSSR count). The van der Waals surface area contributed by atoms with Crippen LogP contribution in [0.1, 0.15) is 45.8 Å². The summed E-state index contributed by atoms with van der Waals surface area (Å²) < 4.78 is 64.8. The Morgan fingerprint density at radius 2 is 1.49 bits per heavy atom. The number of nitrogens with zero attached hydrogens (tertiary/aromatic N) is 1. The average molecular weight is 540 g/mol. The molecule has 3 aromatic carbocycles. The van der Waals surface area contributed by atoms with E-state index in [0.717, 1.165) is 28.3 Å². The van der Waals surface area contributed by atoms with Crippen LogP contribution in [-0.4, -0.2) is 48.7 Å². The maximum Gasteiger partial charge on any atom is 0.416 e. The van der Waals surface area contributed by atoms with Gasteiger partial charge >= 0.3 is 12.3 Å². The van der Waals surface area contributed by atoms with Crippen molar-refractivity contribution in [1.29, 1.82) is 0 Å². The number of ether oxygens (including phenoxy) is 2. The standard InChI is InChI=1S/C30H25F4NO4/c31-27-13-18(30(32,33)34)9-10-25(27)28(36)17-11-19-14-38-15-20(12-17)35(19)29(37)39-16-26-23-7-3-1-5-21(23)22-6-2-4-8-24(22)26/h1-10,13,17,19-20,26H,11-12,14-16H2. The van der Waals surface area contributed by atoms with Crippen molar-refractivity contribution in [3.05, 3.63) is 94.8 Å². The minimum atomic E-state index is -4.70. The summed E-state index contributed by atoms with van der Waals surface area (Å²) in [7, 11) is 0. The molecule has 9 heteroatoms. The molecule has 0 aromatic heterocycles. The van der Waals surface area contributed by atoms with E-state index in [4.69, 9.17) is 9.47 Å². The largest absolute Gasteiger partial charge is 0.448 e. The van der Waals surface area contributed by atoms with Gasteiger partial charge in [-0.2, -0.15) is 13.2 Å². The molecule has 0 N–H and O–H groups in total. The van der Waals surface area contributed by atoms with Gasteiger partial charge < -0.3 is 9.47 Å². The third-order valence-corrected chi connectivity index (χ3v) is 8.00. The second kappa shape index (κ2) is 9.79. The summed E-state index contributed by atoms with van der Waals surface area (Å²) in [6.07, 6.45) is -4.78. The van der Waals surface area contributed by atoms with Crippen LogP contribution in [0.15, 0.2) is 66.7 Å². The number of rotatable bonds is 4. The van der Waals surface area contributed by atoms with Crippen LogP contribution in [-0.2, 0) is 15.7 Å². The van der Waals surface area contributed by atoms with Crippen LogP contribution in [0, 0.1) is 11.7 Å². The zero-order chi connectivity index (χ0) is 27.3. The second-order valence-corrected chi connectivity index (χ2v) is 10.3. The highest BCUT2D eigenvalue weighted by atomic mass is 19.4. The van der Waals surface area contributed by atoms with E-state index >= 15 is 0 Å². The van der Waals surface area contributed by atoms with Crippen LogP contribution >= 0.6 is 0 Å². The van der Waals surface area contributed by atoms with Gasteiger partial charge in [-0.1, -0.05) is 48.5 Å². The Morgan fingerprint density at radius 1 is 0.897 bits per heavy atom. The molecule has 39 heavy (non-hydrogen) atoms. The van der Waals surface area contributed by atoms with Gasteiger partial charge in [-0.3, -0.25) is 9.69 Å². The lowest BCUT2D eigenvalue weighted by Crippen LogP contribution is -2.60. The number of carbonyl (C=O) groups excluding carboxylic acids is 2. The van der Waals surface area contributed by atoms with Gasteiger partial charge in [-0.15, -0.1) is 0 Å². The van der Waals surface area contributed by atoms with Crippen molar-refractivity contribution in [3.63, 3.8) is 0 Å². The zero-order valence-corrected chi connectivity index (χ0v) is 20.8. The van der Waals surface area contributed by atoms with Crippen molar-refractivity contribution in [2.75, 3.05) is 19.8 Å². The minimum Gasteiger partial charge on any atom is -0.448 e. The Balaban J connectivity index is 1.16. The van der Waals surface area contributed by atoms with E-state index in [1.165, 1.54) is 0 Å². The Bertz CT molecular complexity index is 1380. The van der Waals surface area contributed by atoms with E-state index in [-0.39, 0.29) is 44.1 Å². The lowest BCUT2D eigenvalue weighted by Gasteiger charge is -2.47. The first-order valence-electron chi connectivity index (χ1n) is 12.8. The molecule has 2 saturated heterocycles. The topological polar surface area (TPSA) is 55.8 Å². The number of ketones is 1. The zero-order valence-electron chi connectivity index (χ0n) is 20.8. The van der Waals surface area contributed by atoms with E-state index in [9.17, 15) is 27.2 Å². The first kappa shape index (κ1) is 25.6. The van der Waals surface area contributed by atoms with Crippen molar-refractivity contribution < 1.29 is 36.6 Å². The van der Waals surface area contributed by atoms with E-state index < -0.39 is 47.4 Å². The fourth-order valence-electron chi connectivity index (χ4n) is 6.21. The molecule has 1 aliphatic carbocycles. The predicted molar refractivity (Wildman–Crippen MR) is 134 cm³/mol. The van der Waals surface area contributed by atoms with Gasteiger partial charge in [0.05, 0.1) is 36.4 Å². The Kier molecular flexibility index (Phi) is 6.41. The van der Waals surface area contributed by atoms with E-state index in [1.54, 1.807) is 4.90 Å². The van der Waals surface area contributed by atoms with Crippen LogP contribution < -0.4 is 0 Å². The van der Waals surface area contributed by atoms with E-state index in [2.05, 4.69) is 12.1 Å². The predicted octanol–water partition coefficient (Wildman–Crippen LogP) is 6.46. The Labute approximate surface area is 222 Å². The van der Waals surface area contributed by atoms with Crippen molar-refractivity contribution in [2.45, 2.75) is 37.0 Å². The van der Waals surface area contributed by atoms with Gasteiger partial charge in [-0.05, 0) is 53.3 Å². The number of fused-ring (bicyclic) bond motifs is 5. The molecule has 2 fully saturated rings. The molecule has 3 aliphatic rings. The summed E-state index contributed by atoms with van der Waals surface area (Å²) in [6.45, 7) is 0.544. The molecule has 5 nitrogen and oxygen atoms in total. The smallest absolute Gasteiger partial charge is 0.416 e. The molecule has 2 atom stereocenters. The monoisotopic (exact) mass is 539 g/mol. The first-order chi connectivity index (χ1) is 18.7. The van der Waals surface area contributed by atoms with Gasteiger partial charge in [-0.25, -0.2) is 9.18 Å².